The summed E-state index contributed by atoms with van der Waals surface area (Å²) in [5, 5.41) is 16.4. The Bertz CT molecular complexity index is 922. The Morgan fingerprint density at radius 1 is 1.17 bits per heavy atom. The molecule has 3 aliphatic rings. The molecule has 1 aromatic carbocycles. The van der Waals surface area contributed by atoms with E-state index >= 15 is 0 Å². The van der Waals surface area contributed by atoms with E-state index in [-0.39, 0.29) is 5.91 Å². The van der Waals surface area contributed by atoms with Crippen LogP contribution in [0.4, 0.5) is 0 Å². The smallest absolute Gasteiger partial charge is 0.240 e. The Balaban J connectivity index is 1.73. The maximum atomic E-state index is 11.2. The van der Waals surface area contributed by atoms with E-state index in [1.54, 1.807) is 12.4 Å². The molecule has 0 fully saturated rings. The molecule has 0 saturated carbocycles. The van der Waals surface area contributed by atoms with Crippen LogP contribution in [-0.4, -0.2) is 21.9 Å². The zero-order valence-electron chi connectivity index (χ0n) is 12.2. The van der Waals surface area contributed by atoms with Gasteiger partial charge in [-0.15, -0.1) is 0 Å². The van der Waals surface area contributed by atoms with Crippen molar-refractivity contribution in [2.75, 3.05) is 0 Å². The summed E-state index contributed by atoms with van der Waals surface area (Å²) in [4.78, 5) is 15.8. The third-order valence-corrected chi connectivity index (χ3v) is 3.91. The largest absolute Gasteiger partial charge is 0.285 e. The van der Waals surface area contributed by atoms with Crippen LogP contribution in [0.15, 0.2) is 64.1 Å². The molecule has 1 aromatic rings. The molecule has 6 nitrogen and oxygen atoms in total. The molecular formula is C17H14N4O2. The molecule has 0 aromatic heterocycles. The number of carbonyl (C=O) groups excluding carboxylic acids is 1. The predicted octanol–water partition coefficient (Wildman–Crippen LogP) is 0.701. The quantitative estimate of drug-likeness (QED) is 0.802. The zero-order chi connectivity index (χ0) is 15.8. The molecule has 0 saturated heterocycles. The van der Waals surface area contributed by atoms with E-state index in [4.69, 9.17) is 0 Å². The van der Waals surface area contributed by atoms with Crippen molar-refractivity contribution < 1.29 is 10.0 Å². The number of fused-ring (bicyclic) bond motifs is 1. The Labute approximate surface area is 132 Å². The van der Waals surface area contributed by atoms with Crippen LogP contribution in [-0.2, 0) is 4.79 Å². The summed E-state index contributed by atoms with van der Waals surface area (Å²) in [5.74, 6) is -0.0442. The van der Waals surface area contributed by atoms with Gasteiger partial charge in [-0.25, -0.2) is 15.5 Å². The van der Waals surface area contributed by atoms with Gasteiger partial charge >= 0.3 is 0 Å². The van der Waals surface area contributed by atoms with Gasteiger partial charge in [0.25, 0.3) is 0 Å². The second kappa shape index (κ2) is 5.33. The van der Waals surface area contributed by atoms with E-state index in [2.05, 4.69) is 15.5 Å². The van der Waals surface area contributed by atoms with Crippen molar-refractivity contribution in [1.82, 2.24) is 10.5 Å². The number of rotatable bonds is 1. The van der Waals surface area contributed by atoms with Gasteiger partial charge in [-0.3, -0.25) is 10.0 Å². The van der Waals surface area contributed by atoms with Gasteiger partial charge in [0.1, 0.15) is 0 Å². The van der Waals surface area contributed by atoms with Crippen LogP contribution < -0.4 is 16.0 Å². The molecule has 4 rings (SSSR count). The molecule has 0 radical (unpaired) electrons. The van der Waals surface area contributed by atoms with E-state index in [0.717, 1.165) is 38.2 Å². The van der Waals surface area contributed by atoms with Gasteiger partial charge < -0.3 is 0 Å². The van der Waals surface area contributed by atoms with Crippen LogP contribution in [0.1, 0.15) is 18.4 Å². The molecule has 0 unspecified atom stereocenters. The van der Waals surface area contributed by atoms with Crippen molar-refractivity contribution in [3.63, 3.8) is 0 Å². The minimum Gasteiger partial charge on any atom is -0.285 e. The number of allylic oxidation sites excluding steroid dienone is 4. The topological polar surface area (TPSA) is 77.3 Å². The number of hydrogen-bond donors (Lipinski definition) is 2. The standard InChI is InChI=1S/C17H14N4O2/c22-17-4-3-15(19-20-17)12-1-2-14-13(9-12)10-16(18-14)11-5-7-21(23)8-6-11/h1-2,5-10,23H,3-4H2,(H,20,22). The minimum atomic E-state index is -0.0442. The molecule has 6 heteroatoms. The number of nitrogens with one attached hydrogen (secondary N) is 1. The lowest BCUT2D eigenvalue weighted by Gasteiger charge is -2.11. The first kappa shape index (κ1) is 13.7. The van der Waals surface area contributed by atoms with Gasteiger partial charge in [0.05, 0.1) is 16.8 Å². The lowest BCUT2D eigenvalue weighted by atomic mass is 10.0. The molecule has 0 spiro atoms. The van der Waals surface area contributed by atoms with Crippen LogP contribution >= 0.6 is 0 Å². The summed E-state index contributed by atoms with van der Waals surface area (Å²) in [6, 6.07) is 5.97. The fourth-order valence-electron chi connectivity index (χ4n) is 2.68. The highest BCUT2D eigenvalue weighted by atomic mass is 16.5. The molecule has 0 atom stereocenters. The molecule has 3 heterocycles. The maximum Gasteiger partial charge on any atom is 0.240 e. The molecule has 0 aliphatic carbocycles. The van der Waals surface area contributed by atoms with E-state index in [0.29, 0.717) is 12.8 Å². The summed E-state index contributed by atoms with van der Waals surface area (Å²) in [7, 11) is 0. The Morgan fingerprint density at radius 2 is 2.00 bits per heavy atom. The van der Waals surface area contributed by atoms with Gasteiger partial charge in [-0.1, -0.05) is 6.07 Å². The number of hydroxylamine groups is 2. The van der Waals surface area contributed by atoms with Crippen LogP contribution in [0.5, 0.6) is 0 Å². The van der Waals surface area contributed by atoms with Crippen molar-refractivity contribution in [1.29, 1.82) is 0 Å². The molecule has 1 amide bonds. The van der Waals surface area contributed by atoms with Crippen molar-refractivity contribution >= 4 is 17.7 Å². The molecular weight excluding hydrogens is 292 g/mol. The van der Waals surface area contributed by atoms with E-state index in [1.807, 2.05) is 36.4 Å². The first-order valence-corrected chi connectivity index (χ1v) is 7.33. The van der Waals surface area contributed by atoms with E-state index < -0.39 is 0 Å². The Hall–Kier alpha value is -2.99. The van der Waals surface area contributed by atoms with Gasteiger partial charge in [-0.05, 0) is 35.9 Å². The third kappa shape index (κ3) is 2.60. The number of hydrazone groups is 1. The highest BCUT2D eigenvalue weighted by Crippen LogP contribution is 2.16. The SMILES string of the molecule is O=C1CCC(c2ccc3c(c2)=CC(=C2C=CN(O)C=C2)N=3)=NN1. The van der Waals surface area contributed by atoms with Crippen LogP contribution in [0.2, 0.25) is 0 Å². The monoisotopic (exact) mass is 306 g/mol. The predicted molar refractivity (Wildman–Crippen MR) is 84.5 cm³/mol. The molecule has 23 heavy (non-hydrogen) atoms. The van der Waals surface area contributed by atoms with Crippen molar-refractivity contribution in [2.45, 2.75) is 12.8 Å². The van der Waals surface area contributed by atoms with Crippen LogP contribution in [0.25, 0.3) is 6.08 Å². The van der Waals surface area contributed by atoms with E-state index in [1.165, 1.54) is 0 Å². The molecule has 114 valence electrons. The number of nitrogens with zero attached hydrogens (tertiary/aromatic N) is 3. The lowest BCUT2D eigenvalue weighted by molar-refractivity contribution is -0.121. The van der Waals surface area contributed by atoms with Crippen LogP contribution in [0.3, 0.4) is 0 Å². The van der Waals surface area contributed by atoms with Gasteiger partial charge in [0, 0.05) is 36.0 Å². The van der Waals surface area contributed by atoms with Crippen molar-refractivity contribution in [2.24, 2.45) is 10.1 Å². The second-order valence-corrected chi connectivity index (χ2v) is 5.48. The first-order chi connectivity index (χ1) is 11.2. The summed E-state index contributed by atoms with van der Waals surface area (Å²) in [6.45, 7) is 0. The van der Waals surface area contributed by atoms with Crippen LogP contribution in [0, 0.1) is 0 Å². The number of carbonyl (C=O) groups is 1. The van der Waals surface area contributed by atoms with Crippen molar-refractivity contribution in [3.8, 4) is 0 Å². The van der Waals surface area contributed by atoms with Crippen molar-refractivity contribution in [3.05, 3.63) is 70.2 Å². The Morgan fingerprint density at radius 3 is 2.74 bits per heavy atom. The molecule has 3 aliphatic heterocycles. The average molecular weight is 306 g/mol. The first-order valence-electron chi connectivity index (χ1n) is 7.33. The van der Waals surface area contributed by atoms with Gasteiger partial charge in [0.2, 0.25) is 5.91 Å². The second-order valence-electron chi connectivity index (χ2n) is 5.48. The number of amides is 1. The molecule has 0 bridgehead atoms. The highest BCUT2D eigenvalue weighted by molar-refractivity contribution is 6.04. The maximum absolute atomic E-state index is 11.2. The summed E-state index contributed by atoms with van der Waals surface area (Å²) < 4.78 is 0. The fourth-order valence-corrected chi connectivity index (χ4v) is 2.68. The number of hydrogen-bond acceptors (Lipinski definition) is 5. The average Bonchev–Trinajstić information content (AvgIpc) is 2.99. The minimum absolute atomic E-state index is 0.0442. The molecule has 2 N–H and O–H groups in total. The van der Waals surface area contributed by atoms with Gasteiger partial charge in [-0.2, -0.15) is 5.10 Å². The zero-order valence-corrected chi connectivity index (χ0v) is 12.2. The van der Waals surface area contributed by atoms with Gasteiger partial charge in [0.15, 0.2) is 0 Å². The summed E-state index contributed by atoms with van der Waals surface area (Å²) in [5.41, 5.74) is 6.20. The summed E-state index contributed by atoms with van der Waals surface area (Å²) >= 11 is 0. The van der Waals surface area contributed by atoms with E-state index in [9.17, 15) is 10.0 Å². The lowest BCUT2D eigenvalue weighted by Crippen LogP contribution is -2.28. The summed E-state index contributed by atoms with van der Waals surface area (Å²) in [6.07, 6.45) is 9.88. The normalized spacial score (nSPS) is 19.1. The highest BCUT2D eigenvalue weighted by Gasteiger charge is 2.14. The third-order valence-electron chi connectivity index (χ3n) is 3.91. The number of benzene rings is 1. The fraction of sp³-hybridized carbons (Fsp3) is 0.118. The Kier molecular flexibility index (Phi) is 3.17.